The Hall–Kier alpha value is -0.750. The van der Waals surface area contributed by atoms with Crippen LogP contribution in [0.1, 0.15) is 0 Å². The number of rotatable bonds is 1. The largest absolute Gasteiger partial charge is 0.411 e. The highest BCUT2D eigenvalue weighted by Crippen LogP contribution is 2.25. The summed E-state index contributed by atoms with van der Waals surface area (Å²) < 4.78 is 18.4. The highest BCUT2D eigenvalue weighted by atomic mass is 79.9. The third-order valence-electron chi connectivity index (χ3n) is 1.57. The second-order valence-corrected chi connectivity index (χ2v) is 4.02. The maximum Gasteiger partial charge on any atom is 0.285 e. The van der Waals surface area contributed by atoms with Crippen LogP contribution >= 0.6 is 31.9 Å². The molecule has 1 aromatic carbocycles. The molecule has 0 radical (unpaired) electrons. The quantitative estimate of drug-likeness (QED) is 0.808. The van der Waals surface area contributed by atoms with Crippen LogP contribution in [-0.4, -0.2) is 10.2 Å². The first-order valence-electron chi connectivity index (χ1n) is 3.61. The molecule has 0 saturated carbocycles. The van der Waals surface area contributed by atoms with Crippen molar-refractivity contribution in [3.8, 4) is 11.5 Å². The van der Waals surface area contributed by atoms with Crippen LogP contribution < -0.4 is 0 Å². The number of nitrogens with zero attached hydrogens (tertiary/aromatic N) is 2. The molecular weight excluding hydrogens is 319 g/mol. The fourth-order valence-corrected chi connectivity index (χ4v) is 1.56. The van der Waals surface area contributed by atoms with Gasteiger partial charge < -0.3 is 4.42 Å². The van der Waals surface area contributed by atoms with E-state index in [4.69, 9.17) is 4.42 Å². The number of hydrogen-bond acceptors (Lipinski definition) is 3. The Labute approximate surface area is 95.6 Å². The van der Waals surface area contributed by atoms with E-state index in [0.717, 1.165) is 0 Å². The van der Waals surface area contributed by atoms with Gasteiger partial charge in [-0.15, -0.1) is 10.2 Å². The Kier molecular flexibility index (Phi) is 2.64. The molecule has 1 aromatic heterocycles. The third kappa shape index (κ3) is 1.85. The zero-order valence-corrected chi connectivity index (χ0v) is 9.84. The Balaban J connectivity index is 2.47. The summed E-state index contributed by atoms with van der Waals surface area (Å²) in [4.78, 5) is 0.299. The van der Waals surface area contributed by atoms with E-state index in [1.807, 2.05) is 0 Å². The van der Waals surface area contributed by atoms with Gasteiger partial charge in [0.25, 0.3) is 4.80 Å². The lowest BCUT2D eigenvalue weighted by Crippen LogP contribution is -1.81. The smallest absolute Gasteiger partial charge is 0.285 e. The molecule has 0 saturated heterocycles. The zero-order chi connectivity index (χ0) is 10.1. The van der Waals surface area contributed by atoms with Crippen molar-refractivity contribution in [2.45, 2.75) is 0 Å². The minimum Gasteiger partial charge on any atom is -0.411 e. The van der Waals surface area contributed by atoms with Gasteiger partial charge in [-0.2, -0.15) is 0 Å². The van der Waals surface area contributed by atoms with Crippen molar-refractivity contribution in [2.75, 3.05) is 0 Å². The number of hydrogen-bond donors (Lipinski definition) is 0. The van der Waals surface area contributed by atoms with Crippen molar-refractivity contribution in [1.82, 2.24) is 10.2 Å². The van der Waals surface area contributed by atoms with Crippen molar-refractivity contribution in [2.24, 2.45) is 0 Å². The summed E-state index contributed by atoms with van der Waals surface area (Å²) >= 11 is 6.11. The topological polar surface area (TPSA) is 38.9 Å². The molecule has 0 aliphatic rings. The fraction of sp³-hybridized carbons (Fsp3) is 0. The molecule has 1 heterocycles. The lowest BCUT2D eigenvalue weighted by atomic mass is 10.2. The molecule has 0 aliphatic heterocycles. The molecule has 0 N–H and O–H groups in total. The summed E-state index contributed by atoms with van der Waals surface area (Å²) in [5, 5.41) is 7.39. The SMILES string of the molecule is Fc1ccc(-c2nnc(Br)o2)cc1Br. The second-order valence-electron chi connectivity index (χ2n) is 2.49. The lowest BCUT2D eigenvalue weighted by Gasteiger charge is -1.96. The van der Waals surface area contributed by atoms with E-state index < -0.39 is 0 Å². The minimum absolute atomic E-state index is 0.299. The Morgan fingerprint density at radius 1 is 1.21 bits per heavy atom. The normalized spacial score (nSPS) is 10.5. The van der Waals surface area contributed by atoms with Crippen LogP contribution in [0.2, 0.25) is 0 Å². The number of halogens is 3. The van der Waals surface area contributed by atoms with E-state index in [-0.39, 0.29) is 5.82 Å². The van der Waals surface area contributed by atoms with Gasteiger partial charge in [-0.25, -0.2) is 4.39 Å². The van der Waals surface area contributed by atoms with Gasteiger partial charge in [-0.1, -0.05) is 0 Å². The van der Waals surface area contributed by atoms with Gasteiger partial charge in [0.2, 0.25) is 5.89 Å². The van der Waals surface area contributed by atoms with Gasteiger partial charge in [0.1, 0.15) is 5.82 Å². The van der Waals surface area contributed by atoms with Gasteiger partial charge in [-0.05, 0) is 34.1 Å². The summed E-state index contributed by atoms with van der Waals surface area (Å²) in [5.41, 5.74) is 0.663. The predicted octanol–water partition coefficient (Wildman–Crippen LogP) is 3.40. The van der Waals surface area contributed by atoms with Crippen molar-refractivity contribution in [3.05, 3.63) is 33.3 Å². The molecule has 0 bridgehead atoms. The lowest BCUT2D eigenvalue weighted by molar-refractivity contribution is 0.540. The first-order valence-corrected chi connectivity index (χ1v) is 5.20. The van der Waals surface area contributed by atoms with Gasteiger partial charge in [0.15, 0.2) is 0 Å². The molecule has 0 fully saturated rings. The van der Waals surface area contributed by atoms with Crippen LogP contribution in [0.5, 0.6) is 0 Å². The highest BCUT2D eigenvalue weighted by Gasteiger charge is 2.08. The second kappa shape index (κ2) is 3.78. The maximum absolute atomic E-state index is 12.9. The van der Waals surface area contributed by atoms with E-state index in [1.54, 1.807) is 12.1 Å². The summed E-state index contributed by atoms with van der Waals surface area (Å²) in [6, 6.07) is 4.48. The van der Waals surface area contributed by atoms with E-state index >= 15 is 0 Å². The first-order chi connectivity index (χ1) is 6.66. The summed E-state index contributed by atoms with van der Waals surface area (Å²) in [6.07, 6.45) is 0. The molecule has 72 valence electrons. The standard InChI is InChI=1S/C8H3Br2FN2O/c9-5-3-4(1-2-6(5)11)7-12-13-8(10)14-7/h1-3H. The van der Waals surface area contributed by atoms with Crippen molar-refractivity contribution in [1.29, 1.82) is 0 Å². The Morgan fingerprint density at radius 2 is 2.00 bits per heavy atom. The van der Waals surface area contributed by atoms with E-state index in [9.17, 15) is 4.39 Å². The minimum atomic E-state index is -0.327. The third-order valence-corrected chi connectivity index (χ3v) is 2.50. The molecule has 0 amide bonds. The van der Waals surface area contributed by atoms with Crippen LogP contribution in [0.25, 0.3) is 11.5 Å². The molecule has 2 aromatic rings. The molecule has 0 aliphatic carbocycles. The number of aromatic nitrogens is 2. The molecule has 3 nitrogen and oxygen atoms in total. The molecule has 0 atom stereocenters. The molecule has 0 unspecified atom stereocenters. The predicted molar refractivity (Wildman–Crippen MR) is 55.1 cm³/mol. The highest BCUT2D eigenvalue weighted by molar-refractivity contribution is 9.10. The summed E-state index contributed by atoms with van der Waals surface area (Å²) in [7, 11) is 0. The van der Waals surface area contributed by atoms with E-state index in [0.29, 0.717) is 20.7 Å². The average Bonchev–Trinajstić information content (AvgIpc) is 2.57. The molecule has 6 heteroatoms. The van der Waals surface area contributed by atoms with Crippen molar-refractivity contribution < 1.29 is 8.81 Å². The fourth-order valence-electron chi connectivity index (χ4n) is 0.951. The van der Waals surface area contributed by atoms with Gasteiger partial charge in [0.05, 0.1) is 4.47 Å². The molecule has 2 rings (SSSR count). The Morgan fingerprint density at radius 3 is 2.57 bits per heavy atom. The summed E-state index contributed by atoms with van der Waals surface area (Å²) in [6.45, 7) is 0. The monoisotopic (exact) mass is 320 g/mol. The van der Waals surface area contributed by atoms with Gasteiger partial charge in [0, 0.05) is 21.5 Å². The van der Waals surface area contributed by atoms with Crippen LogP contribution in [0.4, 0.5) is 4.39 Å². The molecular formula is C8H3Br2FN2O. The summed E-state index contributed by atoms with van der Waals surface area (Å²) in [5.74, 6) is 0.0184. The van der Waals surface area contributed by atoms with Gasteiger partial charge >= 0.3 is 0 Å². The maximum atomic E-state index is 12.9. The molecule has 14 heavy (non-hydrogen) atoms. The first kappa shape index (κ1) is 9.79. The van der Waals surface area contributed by atoms with Crippen LogP contribution in [0, 0.1) is 5.82 Å². The van der Waals surface area contributed by atoms with Crippen molar-refractivity contribution in [3.63, 3.8) is 0 Å². The zero-order valence-electron chi connectivity index (χ0n) is 6.67. The van der Waals surface area contributed by atoms with Crippen LogP contribution in [-0.2, 0) is 0 Å². The molecule has 0 spiro atoms. The van der Waals surface area contributed by atoms with E-state index in [2.05, 4.69) is 42.1 Å². The van der Waals surface area contributed by atoms with Crippen LogP contribution in [0.3, 0.4) is 0 Å². The Bertz CT molecular complexity index is 472. The van der Waals surface area contributed by atoms with Crippen molar-refractivity contribution >= 4 is 31.9 Å². The van der Waals surface area contributed by atoms with E-state index in [1.165, 1.54) is 6.07 Å². The average molecular weight is 322 g/mol. The van der Waals surface area contributed by atoms with Gasteiger partial charge in [-0.3, -0.25) is 0 Å². The number of benzene rings is 1. The van der Waals surface area contributed by atoms with Crippen LogP contribution in [0.15, 0.2) is 31.9 Å².